The summed E-state index contributed by atoms with van der Waals surface area (Å²) >= 11 is 5.80. The van der Waals surface area contributed by atoms with Gasteiger partial charge in [-0.05, 0) is 12.1 Å². The minimum atomic E-state index is -4.86. The number of benzene rings is 1. The summed E-state index contributed by atoms with van der Waals surface area (Å²) in [6.45, 7) is 0. The van der Waals surface area contributed by atoms with Gasteiger partial charge in [-0.2, -0.15) is 26.3 Å². The average molecular weight is 369 g/mol. The molecule has 2 nitrogen and oxygen atoms in total. The number of nitrogens with zero attached hydrogens (tertiary/aromatic N) is 1. The lowest BCUT2D eigenvalue weighted by atomic mass is 10.3. The zero-order chi connectivity index (χ0) is 17.1. The molecule has 0 unspecified atom stereocenters. The molecule has 0 aromatic heterocycles. The monoisotopic (exact) mass is 368 g/mol. The van der Waals surface area contributed by atoms with Crippen LogP contribution in [0.2, 0.25) is 5.02 Å². The van der Waals surface area contributed by atoms with Gasteiger partial charge in [0.25, 0.3) is 0 Å². The van der Waals surface area contributed by atoms with Crippen molar-refractivity contribution in [3.8, 4) is 0 Å². The van der Waals surface area contributed by atoms with E-state index in [4.69, 9.17) is 11.6 Å². The number of amidine groups is 1. The molecule has 0 aliphatic rings. The second-order valence-electron chi connectivity index (χ2n) is 3.85. The van der Waals surface area contributed by atoms with Crippen LogP contribution in [0.4, 0.5) is 36.4 Å². The number of hydrogen-bond acceptors (Lipinski definition) is 2. The summed E-state index contributed by atoms with van der Waals surface area (Å²) in [6.07, 6.45) is -9.37. The van der Waals surface area contributed by atoms with E-state index in [-0.39, 0.29) is 21.7 Å². The molecule has 124 valence electrons. The van der Waals surface area contributed by atoms with Crippen LogP contribution in [0, 0.1) is 5.82 Å². The van der Waals surface area contributed by atoms with Crippen LogP contribution in [-0.4, -0.2) is 31.0 Å². The van der Waals surface area contributed by atoms with Crippen molar-refractivity contribution < 1.29 is 30.7 Å². The lowest BCUT2D eigenvalue weighted by Gasteiger charge is -2.11. The van der Waals surface area contributed by atoms with Gasteiger partial charge >= 0.3 is 12.4 Å². The quantitative estimate of drug-likeness (QED) is 0.353. The SMILES string of the molecule is CN/C(=N/c1cc(SCC(F)(F)F)c(Cl)cc1F)C(F)(F)F. The molecular formula is C11H8ClF7N2S. The Morgan fingerprint density at radius 1 is 1.23 bits per heavy atom. The largest absolute Gasteiger partial charge is 0.449 e. The van der Waals surface area contributed by atoms with Crippen molar-refractivity contribution in [1.82, 2.24) is 5.32 Å². The topological polar surface area (TPSA) is 24.4 Å². The van der Waals surface area contributed by atoms with Gasteiger partial charge in [-0.1, -0.05) is 11.6 Å². The molecule has 11 heteroatoms. The van der Waals surface area contributed by atoms with Gasteiger partial charge in [-0.3, -0.25) is 0 Å². The van der Waals surface area contributed by atoms with E-state index in [1.165, 1.54) is 0 Å². The molecule has 1 rings (SSSR count). The third kappa shape index (κ3) is 5.56. The number of rotatable bonds is 3. The second kappa shape index (κ2) is 6.95. The fourth-order valence-electron chi connectivity index (χ4n) is 1.26. The lowest BCUT2D eigenvalue weighted by molar-refractivity contribution is -0.105. The fourth-order valence-corrected chi connectivity index (χ4v) is 2.28. The minimum Gasteiger partial charge on any atom is -0.369 e. The van der Waals surface area contributed by atoms with Crippen molar-refractivity contribution in [2.45, 2.75) is 17.2 Å². The van der Waals surface area contributed by atoms with Crippen LogP contribution in [0.25, 0.3) is 0 Å². The Morgan fingerprint density at radius 2 is 1.82 bits per heavy atom. The molecule has 0 atom stereocenters. The van der Waals surface area contributed by atoms with Gasteiger partial charge in [0.1, 0.15) is 11.5 Å². The number of hydrogen-bond donors (Lipinski definition) is 1. The molecule has 0 fully saturated rings. The van der Waals surface area contributed by atoms with Crippen LogP contribution in [-0.2, 0) is 0 Å². The van der Waals surface area contributed by atoms with E-state index in [0.29, 0.717) is 6.07 Å². The van der Waals surface area contributed by atoms with Gasteiger partial charge < -0.3 is 5.32 Å². The zero-order valence-corrected chi connectivity index (χ0v) is 12.3. The normalized spacial score (nSPS) is 13.4. The van der Waals surface area contributed by atoms with Gasteiger partial charge in [-0.25, -0.2) is 9.38 Å². The van der Waals surface area contributed by atoms with E-state index in [2.05, 4.69) is 4.99 Å². The molecule has 0 bridgehead atoms. The third-order valence-corrected chi connectivity index (χ3v) is 3.68. The van der Waals surface area contributed by atoms with Crippen LogP contribution in [0.3, 0.4) is 0 Å². The van der Waals surface area contributed by atoms with Crippen molar-refractivity contribution in [3.05, 3.63) is 23.0 Å². The Hall–Kier alpha value is -1.16. The molecule has 1 aromatic carbocycles. The first kappa shape index (κ1) is 18.9. The van der Waals surface area contributed by atoms with Crippen molar-refractivity contribution in [2.24, 2.45) is 4.99 Å². The maximum Gasteiger partial charge on any atom is 0.449 e. The number of halogens is 8. The molecule has 0 spiro atoms. The van der Waals surface area contributed by atoms with Gasteiger partial charge in [0, 0.05) is 11.9 Å². The van der Waals surface area contributed by atoms with Gasteiger partial charge in [0.15, 0.2) is 0 Å². The Bertz CT molecular complexity index is 569. The van der Waals surface area contributed by atoms with Crippen LogP contribution in [0.5, 0.6) is 0 Å². The van der Waals surface area contributed by atoms with Gasteiger partial charge in [0.2, 0.25) is 5.84 Å². The number of thioether (sulfide) groups is 1. The summed E-state index contributed by atoms with van der Waals surface area (Å²) in [7, 11) is 0.930. The van der Waals surface area contributed by atoms with Crippen molar-refractivity contribution in [2.75, 3.05) is 12.8 Å². The predicted octanol–water partition coefficient (Wildman–Crippen LogP) is 4.95. The molecule has 1 N–H and O–H groups in total. The maximum absolute atomic E-state index is 13.6. The van der Waals surface area contributed by atoms with E-state index in [9.17, 15) is 30.7 Å². The van der Waals surface area contributed by atoms with E-state index >= 15 is 0 Å². The molecule has 0 saturated heterocycles. The molecule has 0 radical (unpaired) electrons. The molecule has 0 heterocycles. The highest BCUT2D eigenvalue weighted by Gasteiger charge is 2.35. The first-order chi connectivity index (χ1) is 9.94. The Balaban J connectivity index is 3.19. The van der Waals surface area contributed by atoms with Crippen LogP contribution in [0.1, 0.15) is 0 Å². The molecule has 0 aliphatic carbocycles. The lowest BCUT2D eigenvalue weighted by Crippen LogP contribution is -2.34. The highest BCUT2D eigenvalue weighted by atomic mass is 35.5. The fraction of sp³-hybridized carbons (Fsp3) is 0.364. The van der Waals surface area contributed by atoms with E-state index in [0.717, 1.165) is 13.1 Å². The first-order valence-electron chi connectivity index (χ1n) is 5.46. The average Bonchev–Trinajstić information content (AvgIpc) is 2.33. The summed E-state index contributed by atoms with van der Waals surface area (Å²) < 4.78 is 87.6. The van der Waals surface area contributed by atoms with Crippen molar-refractivity contribution >= 4 is 34.9 Å². The third-order valence-electron chi connectivity index (χ3n) is 2.13. The minimum absolute atomic E-state index is 0.225. The van der Waals surface area contributed by atoms with Crippen molar-refractivity contribution in [3.63, 3.8) is 0 Å². The molecule has 0 saturated carbocycles. The Labute approximate surface area is 129 Å². The number of aliphatic imine (C=N–C) groups is 1. The summed E-state index contributed by atoms with van der Waals surface area (Å²) in [4.78, 5) is 2.82. The predicted molar refractivity (Wildman–Crippen MR) is 70.4 cm³/mol. The molecule has 22 heavy (non-hydrogen) atoms. The summed E-state index contributed by atoms with van der Waals surface area (Å²) in [5.41, 5.74) is -0.768. The van der Waals surface area contributed by atoms with Gasteiger partial charge in [0.05, 0.1) is 10.8 Å². The summed E-state index contributed by atoms with van der Waals surface area (Å²) in [5.74, 6) is -3.99. The standard InChI is InChI=1S/C11H8ClF7N2S/c1-20-9(11(17,18)19)21-7-3-8(5(12)2-6(7)13)22-4-10(14,15)16/h2-3H,4H2,1H3,(H,20,21). The summed E-state index contributed by atoms with van der Waals surface area (Å²) in [5, 5.41) is 1.40. The smallest absolute Gasteiger partial charge is 0.369 e. The van der Waals surface area contributed by atoms with Crippen LogP contribution < -0.4 is 5.32 Å². The Morgan fingerprint density at radius 3 is 2.27 bits per heavy atom. The molecule has 0 aliphatic heterocycles. The highest BCUT2D eigenvalue weighted by molar-refractivity contribution is 7.99. The van der Waals surface area contributed by atoms with Crippen LogP contribution >= 0.6 is 23.4 Å². The molecular weight excluding hydrogens is 361 g/mol. The second-order valence-corrected chi connectivity index (χ2v) is 5.27. The van der Waals surface area contributed by atoms with E-state index in [1.54, 1.807) is 5.32 Å². The maximum atomic E-state index is 13.6. The van der Waals surface area contributed by atoms with Crippen LogP contribution in [0.15, 0.2) is 22.0 Å². The molecule has 0 amide bonds. The van der Waals surface area contributed by atoms with Crippen molar-refractivity contribution in [1.29, 1.82) is 0 Å². The number of nitrogens with one attached hydrogen (secondary N) is 1. The van der Waals surface area contributed by atoms with E-state index in [1.807, 2.05) is 0 Å². The number of alkyl halides is 6. The molecule has 1 aromatic rings. The highest BCUT2D eigenvalue weighted by Crippen LogP contribution is 2.36. The summed E-state index contributed by atoms with van der Waals surface area (Å²) in [6, 6.07) is 1.35. The van der Waals surface area contributed by atoms with Gasteiger partial charge in [-0.15, -0.1) is 11.8 Å². The van der Waals surface area contributed by atoms with E-state index < -0.39 is 35.4 Å². The zero-order valence-electron chi connectivity index (χ0n) is 10.7. The Kier molecular flexibility index (Phi) is 5.96. The first-order valence-corrected chi connectivity index (χ1v) is 6.82.